The summed E-state index contributed by atoms with van der Waals surface area (Å²) in [6.07, 6.45) is -4.11. The lowest BCUT2D eigenvalue weighted by atomic mass is 10.2. The standard InChI is InChI=1S/C14H16F3N3O3/c1-19(8-10(22-2)23-3)13(21)11-12(14(15,16)17)18-9-6-4-5-7-20(9)11/h4-7,10H,8H2,1-3H3. The van der Waals surface area contributed by atoms with Crippen molar-refractivity contribution in [2.75, 3.05) is 27.8 Å². The van der Waals surface area contributed by atoms with E-state index >= 15 is 0 Å². The monoisotopic (exact) mass is 331 g/mol. The number of hydrogen-bond acceptors (Lipinski definition) is 4. The summed E-state index contributed by atoms with van der Waals surface area (Å²) in [6, 6.07) is 4.48. The van der Waals surface area contributed by atoms with Crippen molar-refractivity contribution in [1.82, 2.24) is 14.3 Å². The number of halogens is 3. The van der Waals surface area contributed by atoms with Crippen molar-refractivity contribution in [1.29, 1.82) is 0 Å². The Bertz CT molecular complexity index is 695. The van der Waals surface area contributed by atoms with Crippen molar-refractivity contribution in [2.45, 2.75) is 12.5 Å². The van der Waals surface area contributed by atoms with E-state index in [1.807, 2.05) is 0 Å². The van der Waals surface area contributed by atoms with Gasteiger partial charge in [0.25, 0.3) is 5.91 Å². The number of nitrogens with zero attached hydrogens (tertiary/aromatic N) is 3. The Morgan fingerprint density at radius 2 is 2.00 bits per heavy atom. The van der Waals surface area contributed by atoms with Crippen LogP contribution in [0.4, 0.5) is 13.2 Å². The van der Waals surface area contributed by atoms with Crippen LogP contribution in [-0.4, -0.2) is 54.3 Å². The smallest absolute Gasteiger partial charge is 0.354 e. The summed E-state index contributed by atoms with van der Waals surface area (Å²) in [7, 11) is 4.12. The minimum absolute atomic E-state index is 0.0246. The normalized spacial score (nSPS) is 12.1. The number of carbonyl (C=O) groups excluding carboxylic acids is 1. The van der Waals surface area contributed by atoms with E-state index in [0.29, 0.717) is 0 Å². The zero-order valence-electron chi connectivity index (χ0n) is 12.8. The number of ether oxygens (including phenoxy) is 2. The van der Waals surface area contributed by atoms with Gasteiger partial charge >= 0.3 is 6.18 Å². The highest BCUT2D eigenvalue weighted by Gasteiger charge is 2.40. The number of likely N-dealkylation sites (N-methyl/N-ethyl adjacent to an activating group) is 1. The Morgan fingerprint density at radius 1 is 1.35 bits per heavy atom. The van der Waals surface area contributed by atoms with Crippen LogP contribution in [0.15, 0.2) is 24.4 Å². The molecule has 0 N–H and O–H groups in total. The molecule has 0 atom stereocenters. The minimum Gasteiger partial charge on any atom is -0.354 e. The summed E-state index contributed by atoms with van der Waals surface area (Å²) in [5.41, 5.74) is -1.71. The second-order valence-corrected chi connectivity index (χ2v) is 4.82. The Hall–Kier alpha value is -2.13. The van der Waals surface area contributed by atoms with Crippen molar-refractivity contribution >= 4 is 11.6 Å². The van der Waals surface area contributed by atoms with Crippen molar-refractivity contribution in [3.63, 3.8) is 0 Å². The number of pyridine rings is 1. The maximum Gasteiger partial charge on any atom is 0.435 e. The lowest BCUT2D eigenvalue weighted by Gasteiger charge is -2.22. The fourth-order valence-corrected chi connectivity index (χ4v) is 2.13. The van der Waals surface area contributed by atoms with Crippen LogP contribution in [0.1, 0.15) is 16.2 Å². The third-order valence-corrected chi connectivity index (χ3v) is 3.30. The molecule has 0 radical (unpaired) electrons. The van der Waals surface area contributed by atoms with Crippen LogP contribution in [-0.2, 0) is 15.7 Å². The van der Waals surface area contributed by atoms with Gasteiger partial charge in [-0.2, -0.15) is 13.2 Å². The molecule has 0 bridgehead atoms. The number of imidazole rings is 1. The van der Waals surface area contributed by atoms with E-state index in [9.17, 15) is 18.0 Å². The van der Waals surface area contributed by atoms with Crippen molar-refractivity contribution in [3.8, 4) is 0 Å². The molecule has 0 spiro atoms. The predicted molar refractivity (Wildman–Crippen MR) is 75.0 cm³/mol. The summed E-state index contributed by atoms with van der Waals surface area (Å²) < 4.78 is 50.7. The van der Waals surface area contributed by atoms with Crippen LogP contribution in [0.2, 0.25) is 0 Å². The van der Waals surface area contributed by atoms with Gasteiger partial charge in [-0.25, -0.2) is 4.98 Å². The molecule has 2 aromatic rings. The molecule has 0 aliphatic rings. The molecule has 0 aliphatic carbocycles. The average Bonchev–Trinajstić information content (AvgIpc) is 2.91. The Morgan fingerprint density at radius 3 is 2.57 bits per heavy atom. The summed E-state index contributed by atoms with van der Waals surface area (Å²) in [6.45, 7) is -0.0246. The molecule has 2 aromatic heterocycles. The van der Waals surface area contributed by atoms with Crippen LogP contribution < -0.4 is 0 Å². The molecule has 9 heteroatoms. The first-order chi connectivity index (χ1) is 10.8. The molecule has 2 heterocycles. The van der Waals surface area contributed by atoms with Gasteiger partial charge in [0.1, 0.15) is 11.3 Å². The number of carbonyl (C=O) groups is 1. The fourth-order valence-electron chi connectivity index (χ4n) is 2.13. The average molecular weight is 331 g/mol. The number of rotatable bonds is 5. The first-order valence-corrected chi connectivity index (χ1v) is 6.65. The van der Waals surface area contributed by atoms with E-state index in [-0.39, 0.29) is 12.2 Å². The second-order valence-electron chi connectivity index (χ2n) is 4.82. The fraction of sp³-hybridized carbons (Fsp3) is 0.429. The van der Waals surface area contributed by atoms with Gasteiger partial charge in [0.05, 0.1) is 6.54 Å². The van der Waals surface area contributed by atoms with E-state index in [0.717, 1.165) is 9.30 Å². The molecule has 6 nitrogen and oxygen atoms in total. The lowest BCUT2D eigenvalue weighted by Crippen LogP contribution is -2.37. The predicted octanol–water partition coefficient (Wildman–Crippen LogP) is 2.04. The molecule has 126 valence electrons. The Labute approximate surface area is 130 Å². The molecule has 23 heavy (non-hydrogen) atoms. The van der Waals surface area contributed by atoms with E-state index in [1.165, 1.54) is 39.6 Å². The van der Waals surface area contributed by atoms with E-state index in [2.05, 4.69) is 4.98 Å². The zero-order chi connectivity index (χ0) is 17.2. The van der Waals surface area contributed by atoms with Gasteiger partial charge in [0.2, 0.25) is 0 Å². The van der Waals surface area contributed by atoms with Gasteiger partial charge in [0, 0.05) is 27.5 Å². The van der Waals surface area contributed by atoms with Crippen molar-refractivity contribution < 1.29 is 27.4 Å². The molecule has 0 aromatic carbocycles. The van der Waals surface area contributed by atoms with E-state index < -0.39 is 29.8 Å². The quantitative estimate of drug-likeness (QED) is 0.787. The van der Waals surface area contributed by atoms with Crippen LogP contribution in [0.3, 0.4) is 0 Å². The number of alkyl halides is 3. The third-order valence-electron chi connectivity index (χ3n) is 3.30. The van der Waals surface area contributed by atoms with Crippen LogP contribution in [0.5, 0.6) is 0 Å². The van der Waals surface area contributed by atoms with Gasteiger partial charge in [0.15, 0.2) is 12.0 Å². The van der Waals surface area contributed by atoms with Crippen LogP contribution in [0.25, 0.3) is 5.65 Å². The van der Waals surface area contributed by atoms with Gasteiger partial charge in [-0.15, -0.1) is 0 Å². The molecule has 1 amide bonds. The molecule has 0 fully saturated rings. The number of fused-ring (bicyclic) bond motifs is 1. The highest BCUT2D eigenvalue weighted by molar-refractivity contribution is 5.94. The zero-order valence-corrected chi connectivity index (χ0v) is 12.8. The number of methoxy groups -OCH3 is 2. The lowest BCUT2D eigenvalue weighted by molar-refractivity contribution is -0.141. The number of hydrogen-bond donors (Lipinski definition) is 0. The van der Waals surface area contributed by atoms with Gasteiger partial charge in [-0.05, 0) is 12.1 Å². The van der Waals surface area contributed by atoms with Gasteiger partial charge in [-0.1, -0.05) is 6.07 Å². The van der Waals surface area contributed by atoms with Crippen LogP contribution >= 0.6 is 0 Å². The first kappa shape index (κ1) is 17.2. The topological polar surface area (TPSA) is 56.1 Å². The maximum atomic E-state index is 13.2. The van der Waals surface area contributed by atoms with Gasteiger partial charge < -0.3 is 14.4 Å². The molecule has 2 rings (SSSR count). The highest BCUT2D eigenvalue weighted by atomic mass is 19.4. The summed E-state index contributed by atoms with van der Waals surface area (Å²) in [4.78, 5) is 17.1. The maximum absolute atomic E-state index is 13.2. The molecular formula is C14H16F3N3O3. The Balaban J connectivity index is 2.46. The van der Waals surface area contributed by atoms with E-state index in [1.54, 1.807) is 6.07 Å². The molecular weight excluding hydrogens is 315 g/mol. The number of amides is 1. The van der Waals surface area contributed by atoms with Crippen molar-refractivity contribution in [2.24, 2.45) is 0 Å². The summed E-state index contributed by atoms with van der Waals surface area (Å²) >= 11 is 0. The largest absolute Gasteiger partial charge is 0.435 e. The number of aromatic nitrogens is 2. The van der Waals surface area contributed by atoms with E-state index in [4.69, 9.17) is 9.47 Å². The summed E-state index contributed by atoms with van der Waals surface area (Å²) in [5, 5.41) is 0. The SMILES string of the molecule is COC(CN(C)C(=O)c1c(C(F)(F)F)nc2ccccn12)OC. The molecule has 0 unspecified atom stereocenters. The minimum atomic E-state index is -4.74. The third kappa shape index (κ3) is 3.45. The first-order valence-electron chi connectivity index (χ1n) is 6.65. The van der Waals surface area contributed by atoms with Gasteiger partial charge in [-0.3, -0.25) is 9.20 Å². The Kier molecular flexibility index (Phi) is 4.90. The van der Waals surface area contributed by atoms with Crippen LogP contribution in [0, 0.1) is 0 Å². The summed E-state index contributed by atoms with van der Waals surface area (Å²) in [5.74, 6) is -0.824. The molecule has 0 aliphatic heterocycles. The second kappa shape index (κ2) is 6.55. The molecule has 0 saturated heterocycles. The van der Waals surface area contributed by atoms with Crippen molar-refractivity contribution in [3.05, 3.63) is 35.8 Å². The molecule has 0 saturated carbocycles. The highest BCUT2D eigenvalue weighted by Crippen LogP contribution is 2.32.